The molecule has 0 fully saturated rings. The van der Waals surface area contributed by atoms with Gasteiger partial charge in [0.15, 0.2) is 5.75 Å². The number of aromatic nitrogens is 2. The van der Waals surface area contributed by atoms with Gasteiger partial charge in [0.05, 0.1) is 13.3 Å². The van der Waals surface area contributed by atoms with Crippen molar-refractivity contribution in [3.63, 3.8) is 0 Å². The molecule has 0 aliphatic rings. The van der Waals surface area contributed by atoms with Crippen molar-refractivity contribution in [1.82, 2.24) is 9.55 Å². The number of hydrogen-bond acceptors (Lipinski definition) is 4. The molecule has 2 heterocycles. The van der Waals surface area contributed by atoms with Crippen LogP contribution in [0.5, 0.6) is 5.75 Å². The Morgan fingerprint density at radius 3 is 2.68 bits per heavy atom. The second kappa shape index (κ2) is 5.34. The van der Waals surface area contributed by atoms with Gasteiger partial charge in [-0.15, -0.1) is 0 Å². The van der Waals surface area contributed by atoms with Crippen LogP contribution in [0.25, 0.3) is 0 Å². The van der Waals surface area contributed by atoms with Crippen LogP contribution in [0.1, 0.15) is 10.5 Å². The summed E-state index contributed by atoms with van der Waals surface area (Å²) in [5, 5.41) is 2.68. The highest BCUT2D eigenvalue weighted by molar-refractivity contribution is 6.03. The minimum absolute atomic E-state index is 0.197. The molecule has 2 rings (SSSR count). The molecule has 0 spiro atoms. The highest BCUT2D eigenvalue weighted by Crippen LogP contribution is 2.09. The molecule has 0 aliphatic heterocycles. The first kappa shape index (κ1) is 12.8. The van der Waals surface area contributed by atoms with Crippen LogP contribution in [-0.4, -0.2) is 22.6 Å². The van der Waals surface area contributed by atoms with Crippen LogP contribution < -0.4 is 15.5 Å². The van der Waals surface area contributed by atoms with E-state index in [-0.39, 0.29) is 22.8 Å². The van der Waals surface area contributed by atoms with Gasteiger partial charge in [-0.1, -0.05) is 0 Å². The Balaban J connectivity index is 2.30. The molecule has 2 aromatic heterocycles. The van der Waals surface area contributed by atoms with E-state index < -0.39 is 0 Å². The number of methoxy groups -OCH3 is 1. The highest BCUT2D eigenvalue weighted by atomic mass is 16.5. The van der Waals surface area contributed by atoms with Crippen LogP contribution >= 0.6 is 0 Å². The minimum Gasteiger partial charge on any atom is -0.491 e. The van der Waals surface area contributed by atoms with Crippen molar-refractivity contribution in [3.8, 4) is 5.75 Å². The monoisotopic (exact) mass is 259 g/mol. The molecule has 98 valence electrons. The van der Waals surface area contributed by atoms with Crippen molar-refractivity contribution in [3.05, 3.63) is 52.7 Å². The molecule has 6 nitrogen and oxygen atoms in total. The summed E-state index contributed by atoms with van der Waals surface area (Å²) in [6.07, 6.45) is 4.62. The van der Waals surface area contributed by atoms with Gasteiger partial charge < -0.3 is 14.6 Å². The summed E-state index contributed by atoms with van der Waals surface area (Å²) >= 11 is 0. The fourth-order valence-electron chi connectivity index (χ4n) is 1.62. The van der Waals surface area contributed by atoms with Crippen LogP contribution in [0.3, 0.4) is 0 Å². The number of carbonyl (C=O) groups is 1. The first-order chi connectivity index (χ1) is 9.11. The van der Waals surface area contributed by atoms with Crippen LogP contribution in [0, 0.1) is 0 Å². The predicted molar refractivity (Wildman–Crippen MR) is 70.4 cm³/mol. The molecule has 0 bridgehead atoms. The van der Waals surface area contributed by atoms with E-state index in [2.05, 4.69) is 10.3 Å². The first-order valence-electron chi connectivity index (χ1n) is 5.58. The Kier molecular flexibility index (Phi) is 3.61. The number of pyridine rings is 2. The minimum atomic E-state index is -0.367. The van der Waals surface area contributed by atoms with Crippen molar-refractivity contribution in [1.29, 1.82) is 0 Å². The molecule has 2 aromatic rings. The summed E-state index contributed by atoms with van der Waals surface area (Å²) in [5.74, 6) is -0.170. The molecule has 0 aromatic carbocycles. The Hall–Kier alpha value is -2.63. The lowest BCUT2D eigenvalue weighted by Crippen LogP contribution is -2.21. The van der Waals surface area contributed by atoms with E-state index in [9.17, 15) is 9.59 Å². The average Bonchev–Trinajstić information content (AvgIpc) is 2.42. The van der Waals surface area contributed by atoms with Crippen LogP contribution in [-0.2, 0) is 7.05 Å². The van der Waals surface area contributed by atoms with E-state index in [4.69, 9.17) is 4.74 Å². The van der Waals surface area contributed by atoms with Gasteiger partial charge >= 0.3 is 0 Å². The van der Waals surface area contributed by atoms with Gasteiger partial charge in [0.2, 0.25) is 5.43 Å². The van der Waals surface area contributed by atoms with E-state index in [1.807, 2.05) is 0 Å². The molecule has 1 amide bonds. The van der Waals surface area contributed by atoms with Gasteiger partial charge in [0.1, 0.15) is 5.69 Å². The maximum absolute atomic E-state index is 12.1. The van der Waals surface area contributed by atoms with Gasteiger partial charge in [-0.3, -0.25) is 14.6 Å². The molecule has 6 heteroatoms. The zero-order chi connectivity index (χ0) is 13.8. The largest absolute Gasteiger partial charge is 0.491 e. The molecular weight excluding hydrogens is 246 g/mol. The summed E-state index contributed by atoms with van der Waals surface area (Å²) in [7, 11) is 3.08. The van der Waals surface area contributed by atoms with Crippen molar-refractivity contribution < 1.29 is 9.53 Å². The number of aryl methyl sites for hydroxylation is 1. The number of anilines is 1. The van der Waals surface area contributed by atoms with E-state index in [1.54, 1.807) is 31.6 Å². The summed E-state index contributed by atoms with van der Waals surface area (Å²) in [6.45, 7) is 0. The van der Waals surface area contributed by atoms with Crippen molar-refractivity contribution in [2.75, 3.05) is 12.4 Å². The summed E-state index contributed by atoms with van der Waals surface area (Å²) in [6, 6.07) is 4.58. The van der Waals surface area contributed by atoms with Crippen LogP contribution in [0.15, 0.2) is 41.6 Å². The normalized spacial score (nSPS) is 10.0. The maximum atomic E-state index is 12.1. The summed E-state index contributed by atoms with van der Waals surface area (Å²) in [5.41, 5.74) is 0.534. The van der Waals surface area contributed by atoms with Crippen LogP contribution in [0.2, 0.25) is 0 Å². The predicted octanol–water partition coefficient (Wildman–Crippen LogP) is 1.04. The first-order valence-corrected chi connectivity index (χ1v) is 5.58. The maximum Gasteiger partial charge on any atom is 0.272 e. The molecule has 0 saturated carbocycles. The zero-order valence-electron chi connectivity index (χ0n) is 10.6. The zero-order valence-corrected chi connectivity index (χ0v) is 10.6. The second-order valence-electron chi connectivity index (χ2n) is 3.89. The number of hydrogen-bond donors (Lipinski definition) is 1. The third-order valence-corrected chi connectivity index (χ3v) is 2.59. The number of carbonyl (C=O) groups excluding carboxylic acids is 1. The average molecular weight is 259 g/mol. The third kappa shape index (κ3) is 2.79. The topological polar surface area (TPSA) is 73.2 Å². The van der Waals surface area contributed by atoms with E-state index >= 15 is 0 Å². The molecular formula is C13H13N3O3. The Labute approximate surface area is 109 Å². The smallest absolute Gasteiger partial charge is 0.272 e. The van der Waals surface area contributed by atoms with Crippen LogP contribution in [0.4, 0.5) is 5.69 Å². The van der Waals surface area contributed by atoms with Gasteiger partial charge in [-0.05, 0) is 12.1 Å². The summed E-state index contributed by atoms with van der Waals surface area (Å²) < 4.78 is 6.44. The number of ether oxygens (including phenoxy) is 1. The van der Waals surface area contributed by atoms with Crippen molar-refractivity contribution in [2.24, 2.45) is 7.05 Å². The number of nitrogens with one attached hydrogen (secondary N) is 1. The number of rotatable bonds is 3. The fraction of sp³-hybridized carbons (Fsp3) is 0.154. The van der Waals surface area contributed by atoms with Crippen molar-refractivity contribution >= 4 is 11.6 Å². The lowest BCUT2D eigenvalue weighted by molar-refractivity contribution is 0.101. The fourth-order valence-corrected chi connectivity index (χ4v) is 1.62. The molecule has 0 radical (unpaired) electrons. The molecule has 1 N–H and O–H groups in total. The van der Waals surface area contributed by atoms with Gasteiger partial charge in [-0.2, -0.15) is 0 Å². The van der Waals surface area contributed by atoms with E-state index in [1.165, 1.54) is 23.9 Å². The summed E-state index contributed by atoms with van der Waals surface area (Å²) in [4.78, 5) is 27.6. The second-order valence-corrected chi connectivity index (χ2v) is 3.89. The molecule has 0 saturated heterocycles. The quantitative estimate of drug-likeness (QED) is 0.893. The molecule has 19 heavy (non-hydrogen) atoms. The third-order valence-electron chi connectivity index (χ3n) is 2.59. The molecule has 0 atom stereocenters. The SMILES string of the molecule is COc1cn(C)c(C(=O)Nc2ccncc2)cc1=O. The molecule has 0 aliphatic carbocycles. The van der Waals surface area contributed by atoms with Gasteiger partial charge in [0.25, 0.3) is 5.91 Å². The Bertz CT molecular complexity index is 650. The van der Waals surface area contributed by atoms with Gasteiger partial charge in [0, 0.05) is 31.2 Å². The number of amides is 1. The van der Waals surface area contributed by atoms with E-state index in [0.29, 0.717) is 5.69 Å². The Morgan fingerprint density at radius 2 is 2.05 bits per heavy atom. The highest BCUT2D eigenvalue weighted by Gasteiger charge is 2.12. The lowest BCUT2D eigenvalue weighted by atomic mass is 10.3. The Morgan fingerprint density at radius 1 is 1.37 bits per heavy atom. The molecule has 0 unspecified atom stereocenters. The number of nitrogens with zero attached hydrogens (tertiary/aromatic N) is 2. The van der Waals surface area contributed by atoms with E-state index in [0.717, 1.165) is 0 Å². The van der Waals surface area contributed by atoms with Crippen molar-refractivity contribution in [2.45, 2.75) is 0 Å². The standard InChI is InChI=1S/C13H13N3O3/c1-16-8-12(19-2)11(17)7-10(16)13(18)15-9-3-5-14-6-4-9/h3-8H,1-2H3,(H,14,15,18). The van der Waals surface area contributed by atoms with Gasteiger partial charge in [-0.25, -0.2) is 0 Å². The lowest BCUT2D eigenvalue weighted by Gasteiger charge is -2.10.